The number of benzene rings is 1. The van der Waals surface area contributed by atoms with E-state index in [9.17, 15) is 14.7 Å². The van der Waals surface area contributed by atoms with Gasteiger partial charge in [-0.1, -0.05) is 18.2 Å². The lowest BCUT2D eigenvalue weighted by Crippen LogP contribution is -2.62. The van der Waals surface area contributed by atoms with Crippen LogP contribution in [0.25, 0.3) is 10.9 Å². The Kier molecular flexibility index (Phi) is 4.00. The van der Waals surface area contributed by atoms with Gasteiger partial charge in [0.1, 0.15) is 6.54 Å². The van der Waals surface area contributed by atoms with E-state index in [1.807, 2.05) is 41.1 Å². The normalized spacial score (nSPS) is 26.8. The van der Waals surface area contributed by atoms with Gasteiger partial charge in [-0.15, -0.1) is 0 Å². The minimum atomic E-state index is -0.842. The number of aliphatic hydroxyl groups excluding tert-OH is 1. The molecule has 0 saturated carbocycles. The number of likely N-dealkylation sites (tertiary alicyclic amines) is 1. The number of rotatable bonds is 2. The van der Waals surface area contributed by atoms with Crippen molar-refractivity contribution in [1.82, 2.24) is 14.8 Å². The molecule has 2 N–H and O–H groups in total. The molecule has 2 aliphatic rings. The van der Waals surface area contributed by atoms with Crippen LogP contribution in [0.15, 0.2) is 36.5 Å². The number of piperidine rings is 2. The summed E-state index contributed by atoms with van der Waals surface area (Å²) in [4.78, 5) is 27.0. The van der Waals surface area contributed by atoms with Gasteiger partial charge in [0.05, 0.1) is 11.5 Å². The molecule has 2 aromatic rings. The van der Waals surface area contributed by atoms with Crippen LogP contribution in [0.5, 0.6) is 0 Å². The van der Waals surface area contributed by atoms with Crippen molar-refractivity contribution in [3.63, 3.8) is 0 Å². The molecule has 6 nitrogen and oxygen atoms in total. The molecule has 0 bridgehead atoms. The van der Waals surface area contributed by atoms with E-state index in [1.54, 1.807) is 4.90 Å². The highest BCUT2D eigenvalue weighted by Crippen LogP contribution is 2.37. The van der Waals surface area contributed by atoms with E-state index >= 15 is 0 Å². The second kappa shape index (κ2) is 6.19. The van der Waals surface area contributed by atoms with Crippen molar-refractivity contribution in [2.45, 2.75) is 31.9 Å². The quantitative estimate of drug-likeness (QED) is 0.860. The Labute approximate surface area is 146 Å². The molecule has 0 radical (unpaired) electrons. The van der Waals surface area contributed by atoms with E-state index in [-0.39, 0.29) is 18.4 Å². The standard InChI is InChI=1S/C19H23N3O3/c23-16-7-11-22(13-19(16)8-3-9-20-18(19)25)17(24)12-21-10-6-14-4-1-2-5-15(14)21/h1-2,4-6,10,16,23H,3,7-9,11-13H2,(H,20,25)/t16-,19+/m0/s1. The number of hydrogen-bond donors (Lipinski definition) is 2. The third-order valence-corrected chi connectivity index (χ3v) is 5.66. The number of aromatic nitrogens is 1. The minimum Gasteiger partial charge on any atom is -0.392 e. The Balaban J connectivity index is 1.53. The molecule has 2 saturated heterocycles. The number of carbonyl (C=O) groups is 2. The second-order valence-corrected chi connectivity index (χ2v) is 7.14. The van der Waals surface area contributed by atoms with Gasteiger partial charge in [0, 0.05) is 31.3 Å². The fourth-order valence-electron chi connectivity index (χ4n) is 4.18. The third kappa shape index (κ3) is 2.70. The molecule has 6 heteroatoms. The van der Waals surface area contributed by atoms with Gasteiger partial charge < -0.3 is 19.9 Å². The summed E-state index contributed by atoms with van der Waals surface area (Å²) in [6.07, 6.45) is 3.17. The van der Waals surface area contributed by atoms with E-state index in [4.69, 9.17) is 0 Å². The van der Waals surface area contributed by atoms with Crippen LogP contribution < -0.4 is 5.32 Å². The van der Waals surface area contributed by atoms with Crippen molar-refractivity contribution in [2.24, 2.45) is 5.41 Å². The van der Waals surface area contributed by atoms with Gasteiger partial charge >= 0.3 is 0 Å². The number of hydrogen-bond acceptors (Lipinski definition) is 3. The largest absolute Gasteiger partial charge is 0.392 e. The number of fused-ring (bicyclic) bond motifs is 1. The van der Waals surface area contributed by atoms with Gasteiger partial charge in [-0.2, -0.15) is 0 Å². The van der Waals surface area contributed by atoms with Crippen LogP contribution in [0, 0.1) is 5.41 Å². The molecular weight excluding hydrogens is 318 g/mol. The van der Waals surface area contributed by atoms with Crippen LogP contribution in [0.2, 0.25) is 0 Å². The van der Waals surface area contributed by atoms with Crippen molar-refractivity contribution in [3.05, 3.63) is 36.5 Å². The predicted octanol–water partition coefficient (Wildman–Crippen LogP) is 1.13. The van der Waals surface area contributed by atoms with Gasteiger partial charge in [-0.05, 0) is 36.8 Å². The molecule has 2 fully saturated rings. The fourth-order valence-corrected chi connectivity index (χ4v) is 4.18. The van der Waals surface area contributed by atoms with Crippen LogP contribution in [-0.4, -0.2) is 52.1 Å². The first-order chi connectivity index (χ1) is 12.1. The number of aliphatic hydroxyl groups is 1. The average Bonchev–Trinajstić information content (AvgIpc) is 3.03. The molecule has 132 valence electrons. The molecule has 25 heavy (non-hydrogen) atoms. The molecule has 0 unspecified atom stereocenters. The van der Waals surface area contributed by atoms with Gasteiger partial charge in [0.25, 0.3) is 0 Å². The summed E-state index contributed by atoms with van der Waals surface area (Å²) in [6, 6.07) is 9.96. The maximum absolute atomic E-state index is 12.8. The molecule has 3 heterocycles. The number of para-hydroxylation sites is 1. The molecule has 2 aliphatic heterocycles. The Morgan fingerprint density at radius 1 is 1.32 bits per heavy atom. The van der Waals surface area contributed by atoms with E-state index in [1.165, 1.54) is 0 Å². The zero-order chi connectivity index (χ0) is 17.4. The lowest BCUT2D eigenvalue weighted by molar-refractivity contribution is -0.155. The smallest absolute Gasteiger partial charge is 0.242 e. The van der Waals surface area contributed by atoms with Gasteiger partial charge in [-0.25, -0.2) is 0 Å². The van der Waals surface area contributed by atoms with Crippen molar-refractivity contribution in [1.29, 1.82) is 0 Å². The van der Waals surface area contributed by atoms with E-state index in [0.717, 1.165) is 17.3 Å². The van der Waals surface area contributed by atoms with Gasteiger partial charge in [0.2, 0.25) is 11.8 Å². The highest BCUT2D eigenvalue weighted by molar-refractivity contribution is 5.86. The predicted molar refractivity (Wildman–Crippen MR) is 93.8 cm³/mol. The van der Waals surface area contributed by atoms with Crippen molar-refractivity contribution < 1.29 is 14.7 Å². The molecule has 2 atom stereocenters. The Morgan fingerprint density at radius 2 is 2.16 bits per heavy atom. The number of carbonyl (C=O) groups excluding carboxylic acids is 2. The Morgan fingerprint density at radius 3 is 3.00 bits per heavy atom. The molecular formula is C19H23N3O3. The summed E-state index contributed by atoms with van der Waals surface area (Å²) in [7, 11) is 0. The molecule has 0 aliphatic carbocycles. The van der Waals surface area contributed by atoms with Crippen LogP contribution >= 0.6 is 0 Å². The second-order valence-electron chi connectivity index (χ2n) is 7.14. The zero-order valence-corrected chi connectivity index (χ0v) is 14.1. The molecule has 2 amide bonds. The molecule has 1 spiro atoms. The number of amides is 2. The maximum atomic E-state index is 12.8. The first-order valence-corrected chi connectivity index (χ1v) is 8.88. The number of nitrogens with one attached hydrogen (secondary N) is 1. The van der Waals surface area contributed by atoms with Crippen LogP contribution in [0.4, 0.5) is 0 Å². The van der Waals surface area contributed by atoms with Crippen LogP contribution in [-0.2, 0) is 16.1 Å². The summed E-state index contributed by atoms with van der Waals surface area (Å²) in [6.45, 7) is 1.70. The van der Waals surface area contributed by atoms with Crippen molar-refractivity contribution in [2.75, 3.05) is 19.6 Å². The molecule has 1 aromatic heterocycles. The topological polar surface area (TPSA) is 74.6 Å². The zero-order valence-electron chi connectivity index (χ0n) is 14.1. The first kappa shape index (κ1) is 16.1. The Bertz CT molecular complexity index is 815. The van der Waals surface area contributed by atoms with Crippen molar-refractivity contribution in [3.8, 4) is 0 Å². The van der Waals surface area contributed by atoms with Crippen LogP contribution in [0.3, 0.4) is 0 Å². The lowest BCUT2D eigenvalue weighted by Gasteiger charge is -2.46. The van der Waals surface area contributed by atoms with Crippen LogP contribution in [0.1, 0.15) is 19.3 Å². The Hall–Kier alpha value is -2.34. The average molecular weight is 341 g/mol. The summed E-state index contributed by atoms with van der Waals surface area (Å²) in [5.41, 5.74) is 0.184. The van der Waals surface area contributed by atoms with Gasteiger partial charge in [-0.3, -0.25) is 9.59 Å². The SMILES string of the molecule is O=C(Cn1ccc2ccccc21)N1CC[C@H](O)[C@@]2(CCCNC2=O)C1. The highest BCUT2D eigenvalue weighted by Gasteiger charge is 2.50. The summed E-state index contributed by atoms with van der Waals surface area (Å²) in [5, 5.41) is 14.4. The summed E-state index contributed by atoms with van der Waals surface area (Å²) < 4.78 is 1.94. The van der Waals surface area contributed by atoms with Crippen molar-refractivity contribution >= 4 is 22.7 Å². The first-order valence-electron chi connectivity index (χ1n) is 8.88. The summed E-state index contributed by atoms with van der Waals surface area (Å²) >= 11 is 0. The number of nitrogens with zero attached hydrogens (tertiary/aromatic N) is 2. The lowest BCUT2D eigenvalue weighted by atomic mass is 9.71. The summed E-state index contributed by atoms with van der Waals surface area (Å²) in [5.74, 6) is -0.124. The monoisotopic (exact) mass is 341 g/mol. The highest BCUT2D eigenvalue weighted by atomic mass is 16.3. The van der Waals surface area contributed by atoms with E-state index in [2.05, 4.69) is 5.32 Å². The molecule has 1 aromatic carbocycles. The van der Waals surface area contributed by atoms with E-state index < -0.39 is 11.5 Å². The maximum Gasteiger partial charge on any atom is 0.242 e. The van der Waals surface area contributed by atoms with Gasteiger partial charge in [0.15, 0.2) is 0 Å². The van der Waals surface area contributed by atoms with E-state index in [0.29, 0.717) is 32.5 Å². The molecule has 4 rings (SSSR count). The minimum absolute atomic E-state index is 0.00833. The fraction of sp³-hybridized carbons (Fsp3) is 0.474. The third-order valence-electron chi connectivity index (χ3n) is 5.66.